The van der Waals surface area contributed by atoms with Gasteiger partial charge in [0, 0.05) is 0 Å². The molecule has 3 N–H and O–H groups in total. The molecule has 1 nitrogen and oxygen atoms in total. The highest BCUT2D eigenvalue weighted by atomic mass is 31.2. The van der Waals surface area contributed by atoms with Gasteiger partial charge in [-0.05, 0) is 42.0 Å². The molecule has 0 saturated carbocycles. The van der Waals surface area contributed by atoms with Crippen LogP contribution in [0.2, 0.25) is 0 Å². The van der Waals surface area contributed by atoms with Gasteiger partial charge in [0.25, 0.3) is 0 Å². The van der Waals surface area contributed by atoms with E-state index in [1.54, 1.807) is 0 Å². The normalized spacial score (nSPS) is 10.8. The fourth-order valence-electron chi connectivity index (χ4n) is 3.63. The van der Waals surface area contributed by atoms with Crippen molar-refractivity contribution < 1.29 is 0 Å². The van der Waals surface area contributed by atoms with Gasteiger partial charge in [-0.25, -0.2) is 0 Å². The number of rotatable bonds is 5. The molecule has 4 aromatic rings. The van der Waals surface area contributed by atoms with Crippen molar-refractivity contribution in [2.45, 2.75) is 6.16 Å². The Hall–Kier alpha value is -2.73. The zero-order valence-electron chi connectivity index (χ0n) is 15.4. The Bertz CT molecular complexity index is 842. The molecule has 0 bridgehead atoms. The van der Waals surface area contributed by atoms with Gasteiger partial charge in [-0.1, -0.05) is 84.9 Å². The third-order valence-corrected chi connectivity index (χ3v) is 9.23. The first-order valence-electron chi connectivity index (χ1n) is 8.98. The molecule has 0 aliphatic rings. The molecule has 0 aliphatic heterocycles. The molecule has 0 aromatic heterocycles. The molecule has 0 spiro atoms. The predicted molar refractivity (Wildman–Crippen MR) is 120 cm³/mol. The lowest BCUT2D eigenvalue weighted by atomic mass is 10.2. The Labute approximate surface area is 162 Å². The van der Waals surface area contributed by atoms with Crippen molar-refractivity contribution in [3.05, 3.63) is 127 Å². The van der Waals surface area contributed by atoms with Gasteiger partial charge in [-0.2, -0.15) is 0 Å². The summed E-state index contributed by atoms with van der Waals surface area (Å²) < 4.78 is 0. The first-order valence-corrected chi connectivity index (χ1v) is 11.0. The monoisotopic (exact) mass is 370 g/mol. The second-order valence-corrected chi connectivity index (χ2v) is 9.95. The summed E-state index contributed by atoms with van der Waals surface area (Å²) in [4.78, 5) is 0. The lowest BCUT2D eigenvalue weighted by Gasteiger charge is -2.27. The van der Waals surface area contributed by atoms with Gasteiger partial charge in [-0.3, -0.25) is 0 Å². The first-order chi connectivity index (χ1) is 12.9. The van der Waals surface area contributed by atoms with Crippen LogP contribution in [0.1, 0.15) is 5.56 Å². The summed E-state index contributed by atoms with van der Waals surface area (Å²) in [5.41, 5.74) is 1.39. The van der Waals surface area contributed by atoms with Crippen LogP contribution in [-0.4, -0.2) is 0 Å². The number of benzene rings is 4. The number of hydrogen-bond donors (Lipinski definition) is 1. The maximum Gasteiger partial charge on any atom is 0.116 e. The van der Waals surface area contributed by atoms with Crippen LogP contribution in [0.5, 0.6) is 0 Å². The highest BCUT2D eigenvalue weighted by Crippen LogP contribution is 2.58. The molecule has 27 heavy (non-hydrogen) atoms. The zero-order chi connectivity index (χ0) is 17.7. The Morgan fingerprint density at radius 2 is 0.704 bits per heavy atom. The third-order valence-electron chi connectivity index (χ3n) is 4.85. The molecule has 0 atom stereocenters. The third kappa shape index (κ3) is 3.85. The van der Waals surface area contributed by atoms with Gasteiger partial charge in [-0.15, -0.1) is 0 Å². The van der Waals surface area contributed by atoms with Gasteiger partial charge in [0.05, 0.1) is 6.16 Å². The standard InChI is InChI=1S/C25H22P.H3N/c1-5-13-22(14-6-1)21-26(23-15-7-2-8-16-23,24-17-9-3-10-18-24)25-19-11-4-12-20-25;/h1-20H,21H2;1H3/q+1;. The van der Waals surface area contributed by atoms with E-state index in [1.807, 2.05) is 0 Å². The smallest absolute Gasteiger partial charge is 0.116 e. The van der Waals surface area contributed by atoms with E-state index in [0.29, 0.717) is 0 Å². The topological polar surface area (TPSA) is 35.0 Å². The van der Waals surface area contributed by atoms with Gasteiger partial charge >= 0.3 is 0 Å². The van der Waals surface area contributed by atoms with E-state index in [4.69, 9.17) is 0 Å². The van der Waals surface area contributed by atoms with Gasteiger partial charge in [0.1, 0.15) is 23.2 Å². The maximum absolute atomic E-state index is 2.30. The Balaban J connectivity index is 0.00000210. The summed E-state index contributed by atoms with van der Waals surface area (Å²) in [5.74, 6) is 0. The first kappa shape index (κ1) is 19.0. The average molecular weight is 370 g/mol. The molecular weight excluding hydrogens is 345 g/mol. The van der Waals surface area contributed by atoms with E-state index in [2.05, 4.69) is 121 Å². The highest BCUT2D eigenvalue weighted by Gasteiger charge is 2.45. The summed E-state index contributed by atoms with van der Waals surface area (Å²) in [6, 6.07) is 44.0. The number of hydrogen-bond acceptors (Lipinski definition) is 1. The van der Waals surface area contributed by atoms with Crippen LogP contribution in [-0.2, 0) is 6.16 Å². The Morgan fingerprint density at radius 3 is 1.04 bits per heavy atom. The minimum Gasteiger partial charge on any atom is -0.344 e. The van der Waals surface area contributed by atoms with E-state index in [-0.39, 0.29) is 6.15 Å². The molecule has 134 valence electrons. The lowest BCUT2D eigenvalue weighted by molar-refractivity contribution is 1.39. The van der Waals surface area contributed by atoms with Crippen LogP contribution in [0.4, 0.5) is 0 Å². The molecule has 0 heterocycles. The van der Waals surface area contributed by atoms with Crippen molar-refractivity contribution in [1.82, 2.24) is 6.15 Å². The largest absolute Gasteiger partial charge is 0.344 e. The van der Waals surface area contributed by atoms with Crippen LogP contribution < -0.4 is 22.1 Å². The molecule has 0 amide bonds. The predicted octanol–water partition coefficient (Wildman–Crippen LogP) is 5.34. The molecule has 0 saturated heterocycles. The highest BCUT2D eigenvalue weighted by molar-refractivity contribution is 7.95. The molecule has 4 aromatic carbocycles. The molecule has 0 unspecified atom stereocenters. The summed E-state index contributed by atoms with van der Waals surface area (Å²) >= 11 is 0. The van der Waals surface area contributed by atoms with Crippen molar-refractivity contribution in [3.63, 3.8) is 0 Å². The molecule has 2 heteroatoms. The summed E-state index contributed by atoms with van der Waals surface area (Å²) in [6.07, 6.45) is 1.03. The lowest BCUT2D eigenvalue weighted by Crippen LogP contribution is -2.32. The Kier molecular flexibility index (Phi) is 6.19. The molecule has 0 fully saturated rings. The van der Waals surface area contributed by atoms with Crippen molar-refractivity contribution in [2.75, 3.05) is 0 Å². The second-order valence-electron chi connectivity index (χ2n) is 6.46. The van der Waals surface area contributed by atoms with E-state index in [1.165, 1.54) is 21.5 Å². The maximum atomic E-state index is 2.30. The van der Waals surface area contributed by atoms with Crippen LogP contribution in [0.3, 0.4) is 0 Å². The van der Waals surface area contributed by atoms with Gasteiger partial charge in [0.15, 0.2) is 0 Å². The molecular formula is C25H25NP+. The zero-order valence-corrected chi connectivity index (χ0v) is 16.3. The Morgan fingerprint density at radius 1 is 0.407 bits per heavy atom. The van der Waals surface area contributed by atoms with Crippen molar-refractivity contribution in [3.8, 4) is 0 Å². The molecule has 0 radical (unpaired) electrons. The SMILES string of the molecule is N.c1ccc(C[P+](c2ccccc2)(c2ccccc2)c2ccccc2)cc1. The van der Waals surface area contributed by atoms with Crippen LogP contribution in [0, 0.1) is 0 Å². The summed E-state index contributed by atoms with van der Waals surface area (Å²) in [6.45, 7) is 0. The summed E-state index contributed by atoms with van der Waals surface area (Å²) in [5, 5.41) is 4.30. The average Bonchev–Trinajstić information content (AvgIpc) is 2.75. The minimum absolute atomic E-state index is 0. The van der Waals surface area contributed by atoms with E-state index in [0.717, 1.165) is 6.16 Å². The van der Waals surface area contributed by atoms with Gasteiger partial charge < -0.3 is 6.15 Å². The van der Waals surface area contributed by atoms with Crippen molar-refractivity contribution >= 4 is 23.2 Å². The van der Waals surface area contributed by atoms with Crippen molar-refractivity contribution in [2.24, 2.45) is 0 Å². The fraction of sp³-hybridized carbons (Fsp3) is 0.0400. The van der Waals surface area contributed by atoms with E-state index in [9.17, 15) is 0 Å². The van der Waals surface area contributed by atoms with E-state index >= 15 is 0 Å². The minimum atomic E-state index is -1.78. The molecule has 4 rings (SSSR count). The second kappa shape index (κ2) is 8.77. The van der Waals surface area contributed by atoms with Crippen LogP contribution >= 0.6 is 7.26 Å². The van der Waals surface area contributed by atoms with Crippen LogP contribution in [0.25, 0.3) is 0 Å². The van der Waals surface area contributed by atoms with Crippen molar-refractivity contribution in [1.29, 1.82) is 0 Å². The van der Waals surface area contributed by atoms with E-state index < -0.39 is 7.26 Å². The summed E-state index contributed by atoms with van der Waals surface area (Å²) in [7, 11) is -1.78. The fourth-order valence-corrected chi connectivity index (χ4v) is 7.87. The van der Waals surface area contributed by atoms with Gasteiger partial charge in [0.2, 0.25) is 0 Å². The quantitative estimate of drug-likeness (QED) is 0.473. The van der Waals surface area contributed by atoms with Crippen LogP contribution in [0.15, 0.2) is 121 Å². The molecule has 0 aliphatic carbocycles.